The van der Waals surface area contributed by atoms with Crippen LogP contribution < -0.4 is 9.46 Å². The van der Waals surface area contributed by atoms with Crippen molar-refractivity contribution in [3.8, 4) is 11.5 Å². The summed E-state index contributed by atoms with van der Waals surface area (Å²) in [5, 5.41) is 18.5. The number of carboxylic acids is 1. The maximum atomic E-state index is 12.4. The Morgan fingerprint density at radius 2 is 1.87 bits per heavy atom. The lowest BCUT2D eigenvalue weighted by Gasteiger charge is -2.12. The SMILES string of the molecule is COc1ccc(S(=O)(=O)Nc2ccc(O)cc2C)cc1C(=O)O. The molecule has 2 aromatic carbocycles. The first-order valence-corrected chi connectivity index (χ1v) is 7.96. The largest absolute Gasteiger partial charge is 0.508 e. The molecule has 0 amide bonds. The third-order valence-corrected chi connectivity index (χ3v) is 4.53. The van der Waals surface area contributed by atoms with Crippen LogP contribution in [0.5, 0.6) is 11.5 Å². The number of carbonyl (C=O) groups is 1. The highest BCUT2D eigenvalue weighted by Gasteiger charge is 2.20. The van der Waals surface area contributed by atoms with Crippen molar-refractivity contribution in [3.05, 3.63) is 47.5 Å². The summed E-state index contributed by atoms with van der Waals surface area (Å²) < 4.78 is 32.1. The summed E-state index contributed by atoms with van der Waals surface area (Å²) in [6.45, 7) is 1.63. The van der Waals surface area contributed by atoms with E-state index in [1.807, 2.05) is 0 Å². The molecule has 3 N–H and O–H groups in total. The molecule has 0 bridgehead atoms. The van der Waals surface area contributed by atoms with Crippen LogP contribution >= 0.6 is 0 Å². The van der Waals surface area contributed by atoms with Gasteiger partial charge in [0.1, 0.15) is 17.1 Å². The number of anilines is 1. The molecule has 0 saturated carbocycles. The summed E-state index contributed by atoms with van der Waals surface area (Å²) in [6, 6.07) is 7.74. The molecule has 8 heteroatoms. The number of nitrogens with one attached hydrogen (secondary N) is 1. The van der Waals surface area contributed by atoms with Crippen LogP contribution in [0.3, 0.4) is 0 Å². The van der Waals surface area contributed by atoms with Crippen LogP contribution in [0.25, 0.3) is 0 Å². The van der Waals surface area contributed by atoms with Gasteiger partial charge in [0.05, 0.1) is 17.7 Å². The minimum atomic E-state index is -3.98. The summed E-state index contributed by atoms with van der Waals surface area (Å²) >= 11 is 0. The zero-order valence-corrected chi connectivity index (χ0v) is 13.2. The molecule has 0 aliphatic rings. The first-order chi connectivity index (χ1) is 10.7. The van der Waals surface area contributed by atoms with E-state index in [2.05, 4.69) is 4.72 Å². The molecule has 2 rings (SSSR count). The number of carboxylic acid groups (broad SMARTS) is 1. The quantitative estimate of drug-likeness (QED) is 0.721. The van der Waals surface area contributed by atoms with Crippen LogP contribution in [0.2, 0.25) is 0 Å². The summed E-state index contributed by atoms with van der Waals surface area (Å²) in [5.74, 6) is -1.21. The molecule has 122 valence electrons. The Morgan fingerprint density at radius 3 is 2.43 bits per heavy atom. The van der Waals surface area contributed by atoms with E-state index >= 15 is 0 Å². The van der Waals surface area contributed by atoms with Gasteiger partial charge in [-0.2, -0.15) is 0 Å². The second kappa shape index (κ2) is 6.17. The molecule has 0 heterocycles. The highest BCUT2D eigenvalue weighted by Crippen LogP contribution is 2.26. The first-order valence-electron chi connectivity index (χ1n) is 6.48. The van der Waals surface area contributed by atoms with Gasteiger partial charge in [0.2, 0.25) is 0 Å². The fourth-order valence-electron chi connectivity index (χ4n) is 1.99. The molecule has 0 aliphatic heterocycles. The van der Waals surface area contributed by atoms with Gasteiger partial charge in [-0.05, 0) is 48.9 Å². The lowest BCUT2D eigenvalue weighted by atomic mass is 10.2. The molecule has 0 atom stereocenters. The lowest BCUT2D eigenvalue weighted by Crippen LogP contribution is -2.14. The molecule has 2 aromatic rings. The Morgan fingerprint density at radius 1 is 1.17 bits per heavy atom. The van der Waals surface area contributed by atoms with Gasteiger partial charge in [-0.25, -0.2) is 13.2 Å². The topological polar surface area (TPSA) is 113 Å². The van der Waals surface area contributed by atoms with Crippen LogP contribution in [0, 0.1) is 6.92 Å². The summed E-state index contributed by atoms with van der Waals surface area (Å²) in [4.78, 5) is 11.0. The molecule has 0 fully saturated rings. The fraction of sp³-hybridized carbons (Fsp3) is 0.133. The van der Waals surface area contributed by atoms with E-state index in [1.165, 1.54) is 37.4 Å². The zero-order chi connectivity index (χ0) is 17.2. The van der Waals surface area contributed by atoms with E-state index in [0.29, 0.717) is 5.56 Å². The molecular weight excluding hydrogens is 322 g/mol. The number of phenols is 1. The molecule has 23 heavy (non-hydrogen) atoms. The van der Waals surface area contributed by atoms with E-state index < -0.39 is 16.0 Å². The van der Waals surface area contributed by atoms with E-state index in [1.54, 1.807) is 6.92 Å². The Bertz CT molecular complexity index is 860. The number of methoxy groups -OCH3 is 1. The summed E-state index contributed by atoms with van der Waals surface area (Å²) in [7, 11) is -2.68. The number of benzene rings is 2. The monoisotopic (exact) mass is 337 g/mol. The number of rotatable bonds is 5. The summed E-state index contributed by atoms with van der Waals surface area (Å²) in [5.41, 5.74) is 0.564. The summed E-state index contributed by atoms with van der Waals surface area (Å²) in [6.07, 6.45) is 0. The third kappa shape index (κ3) is 3.54. The smallest absolute Gasteiger partial charge is 0.339 e. The molecule has 0 aromatic heterocycles. The second-order valence-electron chi connectivity index (χ2n) is 4.77. The Labute approximate surface area is 133 Å². The number of aromatic carboxylic acids is 1. The van der Waals surface area contributed by atoms with Gasteiger partial charge in [-0.3, -0.25) is 4.72 Å². The van der Waals surface area contributed by atoms with E-state index in [4.69, 9.17) is 9.84 Å². The van der Waals surface area contributed by atoms with Gasteiger partial charge in [0.25, 0.3) is 10.0 Å². The number of ether oxygens (including phenoxy) is 1. The van der Waals surface area contributed by atoms with Crippen molar-refractivity contribution in [2.75, 3.05) is 11.8 Å². The number of phenolic OH excluding ortho intramolecular Hbond substituents is 1. The van der Waals surface area contributed by atoms with Gasteiger partial charge in [-0.1, -0.05) is 0 Å². The van der Waals surface area contributed by atoms with Gasteiger partial charge >= 0.3 is 5.97 Å². The highest BCUT2D eigenvalue weighted by molar-refractivity contribution is 7.92. The van der Waals surface area contributed by atoms with Crippen molar-refractivity contribution < 1.29 is 28.2 Å². The fourth-order valence-corrected chi connectivity index (χ4v) is 3.14. The molecule has 0 spiro atoms. The highest BCUT2D eigenvalue weighted by atomic mass is 32.2. The van der Waals surface area contributed by atoms with Crippen molar-refractivity contribution in [2.45, 2.75) is 11.8 Å². The van der Waals surface area contributed by atoms with E-state index in [-0.39, 0.29) is 27.6 Å². The molecular formula is C15H15NO6S. The van der Waals surface area contributed by atoms with Crippen molar-refractivity contribution >= 4 is 21.7 Å². The Kier molecular flexibility index (Phi) is 4.46. The van der Waals surface area contributed by atoms with Crippen molar-refractivity contribution in [3.63, 3.8) is 0 Å². The maximum absolute atomic E-state index is 12.4. The minimum absolute atomic E-state index is 0.0167. The average molecular weight is 337 g/mol. The standard InChI is InChI=1S/C15H15NO6S/c1-9-7-10(17)3-5-13(9)16-23(20,21)11-4-6-14(22-2)12(8-11)15(18)19/h3-8,16-17H,1-2H3,(H,18,19). The molecule has 0 aliphatic carbocycles. The van der Waals surface area contributed by atoms with E-state index in [0.717, 1.165) is 6.07 Å². The van der Waals surface area contributed by atoms with Crippen LogP contribution in [-0.2, 0) is 10.0 Å². The third-order valence-electron chi connectivity index (χ3n) is 3.17. The number of hydrogen-bond acceptors (Lipinski definition) is 5. The first kappa shape index (κ1) is 16.6. The predicted octanol–water partition coefficient (Wildman–Crippen LogP) is 2.21. The predicted molar refractivity (Wildman–Crippen MR) is 83.6 cm³/mol. The van der Waals surface area contributed by atoms with Gasteiger partial charge < -0.3 is 14.9 Å². The van der Waals surface area contributed by atoms with Crippen LogP contribution in [0.15, 0.2) is 41.3 Å². The number of hydrogen-bond donors (Lipinski definition) is 3. The van der Waals surface area contributed by atoms with Crippen LogP contribution in [0.4, 0.5) is 5.69 Å². The van der Waals surface area contributed by atoms with Gasteiger partial charge in [-0.15, -0.1) is 0 Å². The van der Waals surface area contributed by atoms with Crippen molar-refractivity contribution in [2.24, 2.45) is 0 Å². The molecule has 0 unspecified atom stereocenters. The zero-order valence-electron chi connectivity index (χ0n) is 12.4. The maximum Gasteiger partial charge on any atom is 0.339 e. The Hall–Kier alpha value is -2.74. The average Bonchev–Trinajstić information content (AvgIpc) is 2.49. The van der Waals surface area contributed by atoms with Crippen LogP contribution in [-0.4, -0.2) is 31.7 Å². The molecule has 0 radical (unpaired) electrons. The number of sulfonamides is 1. The van der Waals surface area contributed by atoms with Gasteiger partial charge in [0, 0.05) is 0 Å². The van der Waals surface area contributed by atoms with Crippen LogP contribution in [0.1, 0.15) is 15.9 Å². The second-order valence-corrected chi connectivity index (χ2v) is 6.45. The Balaban J connectivity index is 2.43. The lowest BCUT2D eigenvalue weighted by molar-refractivity contribution is 0.0693. The van der Waals surface area contributed by atoms with Crippen molar-refractivity contribution in [1.29, 1.82) is 0 Å². The normalized spacial score (nSPS) is 11.0. The molecule has 0 saturated heterocycles. The van der Waals surface area contributed by atoms with Gasteiger partial charge in [0.15, 0.2) is 0 Å². The minimum Gasteiger partial charge on any atom is -0.508 e. The number of aryl methyl sites for hydroxylation is 1. The van der Waals surface area contributed by atoms with E-state index in [9.17, 15) is 18.3 Å². The molecule has 7 nitrogen and oxygen atoms in total. The number of aromatic hydroxyl groups is 1. The van der Waals surface area contributed by atoms with Crippen molar-refractivity contribution in [1.82, 2.24) is 0 Å².